The van der Waals surface area contributed by atoms with Gasteiger partial charge in [0.05, 0.1) is 13.2 Å². The van der Waals surface area contributed by atoms with E-state index in [1.54, 1.807) is 31.4 Å². The van der Waals surface area contributed by atoms with Crippen molar-refractivity contribution in [3.05, 3.63) is 29.8 Å². The zero-order chi connectivity index (χ0) is 17.9. The summed E-state index contributed by atoms with van der Waals surface area (Å²) in [4.78, 5) is 11.9. The Morgan fingerprint density at radius 3 is 1.96 bits per heavy atom. The quantitative estimate of drug-likeness (QED) is 0.324. The van der Waals surface area contributed by atoms with Crippen molar-refractivity contribution in [2.45, 2.75) is 43.1 Å². The van der Waals surface area contributed by atoms with Gasteiger partial charge in [0.15, 0.2) is 0 Å². The van der Waals surface area contributed by atoms with Gasteiger partial charge in [-0.25, -0.2) is 4.79 Å². The van der Waals surface area contributed by atoms with E-state index < -0.39 is 42.6 Å². The summed E-state index contributed by atoms with van der Waals surface area (Å²) in [6.07, 6.45) is -8.31. The molecular formula is C15H22N2O7. The van der Waals surface area contributed by atoms with E-state index in [0.29, 0.717) is 5.75 Å². The highest BCUT2D eigenvalue weighted by Gasteiger charge is 2.48. The van der Waals surface area contributed by atoms with Gasteiger partial charge >= 0.3 is 6.03 Å². The molecule has 134 valence electrons. The van der Waals surface area contributed by atoms with Crippen molar-refractivity contribution in [3.63, 3.8) is 0 Å². The number of hydrogen-bond donors (Lipinski definition) is 7. The van der Waals surface area contributed by atoms with Crippen molar-refractivity contribution in [2.24, 2.45) is 0 Å². The molecule has 1 aliphatic carbocycles. The summed E-state index contributed by atoms with van der Waals surface area (Å²) in [5.74, 6) is 0.679. The summed E-state index contributed by atoms with van der Waals surface area (Å²) in [6, 6.07) is 4.95. The Bertz CT molecular complexity index is 537. The molecule has 7 N–H and O–H groups in total. The van der Waals surface area contributed by atoms with Crippen LogP contribution >= 0.6 is 0 Å². The number of aliphatic hydroxyl groups is 5. The van der Waals surface area contributed by atoms with E-state index in [4.69, 9.17) is 4.74 Å². The van der Waals surface area contributed by atoms with E-state index in [1.165, 1.54) is 0 Å². The lowest BCUT2D eigenvalue weighted by Crippen LogP contribution is -2.68. The first-order chi connectivity index (χ1) is 11.3. The highest BCUT2D eigenvalue weighted by molar-refractivity contribution is 5.74. The Hall–Kier alpha value is -1.91. The minimum absolute atomic E-state index is 0.183. The molecule has 0 heterocycles. The Morgan fingerprint density at radius 2 is 1.46 bits per heavy atom. The van der Waals surface area contributed by atoms with Crippen LogP contribution in [0.5, 0.6) is 5.75 Å². The molecule has 0 radical (unpaired) electrons. The van der Waals surface area contributed by atoms with Crippen LogP contribution in [0.25, 0.3) is 0 Å². The Labute approximate surface area is 138 Å². The van der Waals surface area contributed by atoms with Gasteiger partial charge in [0.2, 0.25) is 0 Å². The van der Waals surface area contributed by atoms with Crippen molar-refractivity contribution in [1.82, 2.24) is 10.6 Å². The summed E-state index contributed by atoms with van der Waals surface area (Å²) in [7, 11) is 1.54. The first-order valence-electron chi connectivity index (χ1n) is 7.42. The number of amides is 2. The lowest BCUT2D eigenvalue weighted by molar-refractivity contribution is -0.188. The molecule has 9 heteroatoms. The molecule has 0 saturated heterocycles. The zero-order valence-corrected chi connectivity index (χ0v) is 13.0. The summed E-state index contributed by atoms with van der Waals surface area (Å²) >= 11 is 0. The SMILES string of the molecule is COc1ccc(CNC(=O)NC2[C@@H](O)[C@H](O)C(O)[C@H](O)[C@H]2O)cc1. The maximum atomic E-state index is 11.9. The van der Waals surface area contributed by atoms with Crippen molar-refractivity contribution in [2.75, 3.05) is 7.11 Å². The molecule has 24 heavy (non-hydrogen) atoms. The second kappa shape index (κ2) is 7.77. The maximum Gasteiger partial charge on any atom is 0.315 e. The molecule has 0 spiro atoms. The van der Waals surface area contributed by atoms with Gasteiger partial charge < -0.3 is 40.9 Å². The van der Waals surface area contributed by atoms with E-state index in [-0.39, 0.29) is 6.54 Å². The smallest absolute Gasteiger partial charge is 0.315 e. The van der Waals surface area contributed by atoms with Gasteiger partial charge in [-0.3, -0.25) is 0 Å². The van der Waals surface area contributed by atoms with E-state index in [2.05, 4.69) is 10.6 Å². The zero-order valence-electron chi connectivity index (χ0n) is 13.0. The van der Waals surface area contributed by atoms with Gasteiger partial charge in [0, 0.05) is 6.54 Å². The largest absolute Gasteiger partial charge is 0.497 e. The van der Waals surface area contributed by atoms with E-state index in [1.807, 2.05) is 0 Å². The number of nitrogens with one attached hydrogen (secondary N) is 2. The molecule has 0 aliphatic heterocycles. The summed E-state index contributed by atoms with van der Waals surface area (Å²) < 4.78 is 5.02. The number of urea groups is 1. The average Bonchev–Trinajstić information content (AvgIpc) is 2.60. The van der Waals surface area contributed by atoms with Gasteiger partial charge in [-0.2, -0.15) is 0 Å². The van der Waals surface area contributed by atoms with Gasteiger partial charge in [0.25, 0.3) is 0 Å². The van der Waals surface area contributed by atoms with Crippen LogP contribution in [0.2, 0.25) is 0 Å². The molecule has 9 nitrogen and oxygen atoms in total. The number of methoxy groups -OCH3 is 1. The van der Waals surface area contributed by atoms with Crippen molar-refractivity contribution in [3.8, 4) is 5.75 Å². The normalized spacial score (nSPS) is 32.9. The molecule has 0 bridgehead atoms. The van der Waals surface area contributed by atoms with Crippen LogP contribution < -0.4 is 15.4 Å². The minimum Gasteiger partial charge on any atom is -0.497 e. The molecule has 6 atom stereocenters. The third kappa shape index (κ3) is 3.94. The fourth-order valence-corrected chi connectivity index (χ4v) is 2.53. The van der Waals surface area contributed by atoms with Crippen LogP contribution in [0.3, 0.4) is 0 Å². The Kier molecular flexibility index (Phi) is 5.97. The monoisotopic (exact) mass is 342 g/mol. The lowest BCUT2D eigenvalue weighted by atomic mass is 9.83. The predicted octanol–water partition coefficient (Wildman–Crippen LogP) is -2.32. The summed E-state index contributed by atoms with van der Waals surface area (Å²) in [6.45, 7) is 0.183. The first-order valence-corrected chi connectivity index (χ1v) is 7.42. The number of carbonyl (C=O) groups is 1. The van der Waals surface area contributed by atoms with E-state index >= 15 is 0 Å². The van der Waals surface area contributed by atoms with Crippen LogP contribution in [-0.4, -0.2) is 75.2 Å². The molecule has 2 rings (SSSR count). The molecule has 2 amide bonds. The molecule has 0 aromatic heterocycles. The van der Waals surface area contributed by atoms with E-state index in [0.717, 1.165) is 5.56 Å². The minimum atomic E-state index is -1.70. The van der Waals surface area contributed by atoms with Crippen molar-refractivity contribution >= 4 is 6.03 Å². The predicted molar refractivity (Wildman–Crippen MR) is 82.2 cm³/mol. The number of benzene rings is 1. The molecule has 1 aromatic rings. The second-order valence-corrected chi connectivity index (χ2v) is 5.65. The van der Waals surface area contributed by atoms with Crippen LogP contribution in [0.4, 0.5) is 4.79 Å². The van der Waals surface area contributed by atoms with Gasteiger partial charge in [-0.05, 0) is 17.7 Å². The van der Waals surface area contributed by atoms with E-state index in [9.17, 15) is 30.3 Å². The topological polar surface area (TPSA) is 152 Å². The third-order valence-electron chi connectivity index (χ3n) is 4.05. The number of aliphatic hydroxyl groups excluding tert-OH is 5. The number of carbonyl (C=O) groups excluding carboxylic acids is 1. The summed E-state index contributed by atoms with van der Waals surface area (Å²) in [5.41, 5.74) is 0.797. The number of rotatable bonds is 4. The molecular weight excluding hydrogens is 320 g/mol. The Morgan fingerprint density at radius 1 is 0.958 bits per heavy atom. The maximum absolute atomic E-state index is 11.9. The van der Waals surface area contributed by atoms with Gasteiger partial charge in [-0.15, -0.1) is 0 Å². The number of ether oxygens (including phenoxy) is 1. The lowest BCUT2D eigenvalue weighted by Gasteiger charge is -2.41. The van der Waals surface area contributed by atoms with Crippen molar-refractivity contribution in [1.29, 1.82) is 0 Å². The van der Waals surface area contributed by atoms with Crippen LogP contribution in [0.15, 0.2) is 24.3 Å². The molecule has 1 saturated carbocycles. The molecule has 2 unspecified atom stereocenters. The highest BCUT2D eigenvalue weighted by atomic mass is 16.5. The average molecular weight is 342 g/mol. The Balaban J connectivity index is 1.90. The fraction of sp³-hybridized carbons (Fsp3) is 0.533. The second-order valence-electron chi connectivity index (χ2n) is 5.65. The molecule has 1 aliphatic rings. The summed E-state index contributed by atoms with van der Waals surface area (Å²) in [5, 5.41) is 53.2. The van der Waals surface area contributed by atoms with Crippen molar-refractivity contribution < 1.29 is 35.1 Å². The highest BCUT2D eigenvalue weighted by Crippen LogP contribution is 2.21. The molecule has 1 fully saturated rings. The van der Waals surface area contributed by atoms with Gasteiger partial charge in [-0.1, -0.05) is 12.1 Å². The standard InChI is InChI=1S/C15H22N2O7/c1-24-8-4-2-7(3-5-8)6-16-15(23)17-9-10(18)12(20)14(22)13(21)11(9)19/h2-5,9-14,18-22H,6H2,1H3,(H2,16,17,23)/t9?,10-,11+,12+,13-,14?. The van der Waals surface area contributed by atoms with Crippen LogP contribution in [0, 0.1) is 0 Å². The third-order valence-corrected chi connectivity index (χ3v) is 4.05. The molecule has 1 aromatic carbocycles. The number of hydrogen-bond acceptors (Lipinski definition) is 7. The van der Waals surface area contributed by atoms with Gasteiger partial charge in [0.1, 0.15) is 36.3 Å². The fourth-order valence-electron chi connectivity index (χ4n) is 2.53. The first kappa shape index (κ1) is 18.4. The van der Waals surface area contributed by atoms with Crippen LogP contribution in [0.1, 0.15) is 5.56 Å². The van der Waals surface area contributed by atoms with Crippen LogP contribution in [-0.2, 0) is 6.54 Å².